The quantitative estimate of drug-likeness (QED) is 0.758. The molecule has 0 heterocycles. The lowest BCUT2D eigenvalue weighted by Crippen LogP contribution is -2.38. The van der Waals surface area contributed by atoms with Crippen LogP contribution in [-0.2, 0) is 11.3 Å². The van der Waals surface area contributed by atoms with Crippen molar-refractivity contribution in [1.82, 2.24) is 15.1 Å². The van der Waals surface area contributed by atoms with Gasteiger partial charge in [-0.15, -0.1) is 0 Å². The molecule has 0 bridgehead atoms. The van der Waals surface area contributed by atoms with Crippen LogP contribution in [0.15, 0.2) is 24.3 Å². The third kappa shape index (κ3) is 5.91. The number of aliphatic carboxylic acids is 1. The van der Waals surface area contributed by atoms with E-state index < -0.39 is 5.97 Å². The highest BCUT2D eigenvalue weighted by atomic mass is 16.4. The van der Waals surface area contributed by atoms with E-state index in [0.717, 1.165) is 5.56 Å². The van der Waals surface area contributed by atoms with Gasteiger partial charge in [0, 0.05) is 38.8 Å². The number of nitrogens with one attached hydrogen (secondary N) is 1. The van der Waals surface area contributed by atoms with Crippen LogP contribution in [0.4, 0.5) is 4.79 Å². The Morgan fingerprint density at radius 2 is 1.67 bits per heavy atom. The summed E-state index contributed by atoms with van der Waals surface area (Å²) >= 11 is 0. The Kier molecular flexibility index (Phi) is 7.74. The lowest BCUT2D eigenvalue weighted by atomic mass is 10.1. The molecule has 2 N–H and O–H groups in total. The molecule has 0 radical (unpaired) electrons. The van der Waals surface area contributed by atoms with Gasteiger partial charge >= 0.3 is 12.0 Å². The average molecular weight is 335 g/mol. The lowest BCUT2D eigenvalue weighted by molar-refractivity contribution is -0.137. The van der Waals surface area contributed by atoms with Crippen LogP contribution in [0.3, 0.4) is 0 Å². The average Bonchev–Trinajstić information content (AvgIpc) is 2.58. The molecule has 0 fully saturated rings. The van der Waals surface area contributed by atoms with Gasteiger partial charge in [0.05, 0.1) is 6.42 Å². The highest BCUT2D eigenvalue weighted by Crippen LogP contribution is 2.08. The Balaban J connectivity index is 2.54. The monoisotopic (exact) mass is 335 g/mol. The number of carbonyl (C=O) groups is 3. The van der Waals surface area contributed by atoms with Gasteiger partial charge in [0.1, 0.15) is 0 Å². The standard InChI is InChI=1S/C17H25N3O4/c1-4-20(5-2)16(23)14-8-6-13(7-9-14)12-18-17(24)19(3)11-10-15(21)22/h6-9H,4-5,10-12H2,1-3H3,(H,18,24)(H,21,22). The van der Waals surface area contributed by atoms with Crippen molar-refractivity contribution in [2.75, 3.05) is 26.7 Å². The topological polar surface area (TPSA) is 90.0 Å². The summed E-state index contributed by atoms with van der Waals surface area (Å²) in [5, 5.41) is 11.3. The normalized spacial score (nSPS) is 10.1. The maximum Gasteiger partial charge on any atom is 0.317 e. The molecule has 0 unspecified atom stereocenters. The number of hydrogen-bond donors (Lipinski definition) is 2. The number of rotatable bonds is 8. The van der Waals surface area contributed by atoms with Crippen LogP contribution >= 0.6 is 0 Å². The maximum absolute atomic E-state index is 12.2. The van der Waals surface area contributed by atoms with E-state index in [2.05, 4.69) is 5.32 Å². The SMILES string of the molecule is CCN(CC)C(=O)c1ccc(CNC(=O)N(C)CCC(=O)O)cc1. The van der Waals surface area contributed by atoms with Crippen molar-refractivity contribution in [3.8, 4) is 0 Å². The fourth-order valence-corrected chi connectivity index (χ4v) is 2.14. The first-order chi connectivity index (χ1) is 11.4. The minimum Gasteiger partial charge on any atom is -0.481 e. The van der Waals surface area contributed by atoms with Gasteiger partial charge in [0.15, 0.2) is 0 Å². The zero-order chi connectivity index (χ0) is 18.1. The van der Waals surface area contributed by atoms with Crippen molar-refractivity contribution in [3.63, 3.8) is 0 Å². The Hall–Kier alpha value is -2.57. The molecule has 7 nitrogen and oxygen atoms in total. The number of benzene rings is 1. The van der Waals surface area contributed by atoms with Gasteiger partial charge in [0.2, 0.25) is 0 Å². The number of carbonyl (C=O) groups excluding carboxylic acids is 2. The molecule has 1 rings (SSSR count). The first kappa shape index (κ1) is 19.5. The summed E-state index contributed by atoms with van der Waals surface area (Å²) in [4.78, 5) is 37.6. The predicted molar refractivity (Wildman–Crippen MR) is 90.8 cm³/mol. The zero-order valence-corrected chi connectivity index (χ0v) is 14.4. The van der Waals surface area contributed by atoms with E-state index in [-0.39, 0.29) is 24.9 Å². The minimum absolute atomic E-state index is 0.0102. The van der Waals surface area contributed by atoms with Gasteiger partial charge in [-0.25, -0.2) is 4.79 Å². The Bertz CT molecular complexity index is 568. The van der Waals surface area contributed by atoms with E-state index in [4.69, 9.17) is 5.11 Å². The Labute approximate surface area is 142 Å². The first-order valence-electron chi connectivity index (χ1n) is 7.98. The molecule has 0 saturated carbocycles. The zero-order valence-electron chi connectivity index (χ0n) is 14.4. The van der Waals surface area contributed by atoms with Crippen molar-refractivity contribution in [2.24, 2.45) is 0 Å². The van der Waals surface area contributed by atoms with E-state index in [1.54, 1.807) is 36.2 Å². The first-order valence-corrected chi connectivity index (χ1v) is 7.98. The van der Waals surface area contributed by atoms with E-state index in [0.29, 0.717) is 25.2 Å². The third-order valence-corrected chi connectivity index (χ3v) is 3.70. The second kappa shape index (κ2) is 9.54. The van der Waals surface area contributed by atoms with Crippen molar-refractivity contribution >= 4 is 17.9 Å². The molecule has 0 aromatic heterocycles. The van der Waals surface area contributed by atoms with Crippen LogP contribution < -0.4 is 5.32 Å². The number of nitrogens with zero attached hydrogens (tertiary/aromatic N) is 2. The molecular formula is C17H25N3O4. The molecule has 3 amide bonds. The predicted octanol–water partition coefficient (Wildman–Crippen LogP) is 1.78. The maximum atomic E-state index is 12.2. The largest absolute Gasteiger partial charge is 0.481 e. The molecule has 0 aliphatic rings. The van der Waals surface area contributed by atoms with E-state index in [9.17, 15) is 14.4 Å². The highest BCUT2D eigenvalue weighted by molar-refractivity contribution is 5.94. The summed E-state index contributed by atoms with van der Waals surface area (Å²) in [5.74, 6) is -0.952. The number of urea groups is 1. The van der Waals surface area contributed by atoms with Crippen molar-refractivity contribution in [2.45, 2.75) is 26.8 Å². The summed E-state index contributed by atoms with van der Waals surface area (Å²) in [6.07, 6.45) is -0.0912. The number of carboxylic acids is 1. The van der Waals surface area contributed by atoms with Gasteiger partial charge in [-0.05, 0) is 31.5 Å². The summed E-state index contributed by atoms with van der Waals surface area (Å²) in [6.45, 7) is 5.67. The van der Waals surface area contributed by atoms with Gasteiger partial charge in [-0.1, -0.05) is 12.1 Å². The second-order valence-electron chi connectivity index (χ2n) is 5.40. The van der Waals surface area contributed by atoms with Gasteiger partial charge in [-0.3, -0.25) is 9.59 Å². The second-order valence-corrected chi connectivity index (χ2v) is 5.40. The molecule has 0 aliphatic heterocycles. The Morgan fingerprint density at radius 1 is 1.08 bits per heavy atom. The number of hydrogen-bond acceptors (Lipinski definition) is 3. The molecule has 0 saturated heterocycles. The van der Waals surface area contributed by atoms with Crippen molar-refractivity contribution < 1.29 is 19.5 Å². The molecule has 7 heteroatoms. The van der Waals surface area contributed by atoms with E-state index in [1.165, 1.54) is 4.90 Å². The third-order valence-electron chi connectivity index (χ3n) is 3.70. The Morgan fingerprint density at radius 3 is 2.17 bits per heavy atom. The number of carboxylic acid groups (broad SMARTS) is 1. The van der Waals surface area contributed by atoms with Crippen LogP contribution in [0.5, 0.6) is 0 Å². The molecule has 1 aromatic carbocycles. The van der Waals surface area contributed by atoms with Crippen molar-refractivity contribution in [3.05, 3.63) is 35.4 Å². The van der Waals surface area contributed by atoms with Crippen LogP contribution in [0.25, 0.3) is 0 Å². The van der Waals surface area contributed by atoms with Crippen molar-refractivity contribution in [1.29, 1.82) is 0 Å². The summed E-state index contributed by atoms with van der Waals surface area (Å²) in [5.41, 5.74) is 1.48. The number of amides is 3. The lowest BCUT2D eigenvalue weighted by Gasteiger charge is -2.19. The molecule has 0 atom stereocenters. The van der Waals surface area contributed by atoms with Gasteiger partial charge < -0.3 is 20.2 Å². The molecule has 0 spiro atoms. The van der Waals surface area contributed by atoms with Gasteiger partial charge in [0.25, 0.3) is 5.91 Å². The molecular weight excluding hydrogens is 310 g/mol. The summed E-state index contributed by atoms with van der Waals surface area (Å²) < 4.78 is 0. The van der Waals surface area contributed by atoms with Crippen LogP contribution in [-0.4, -0.2) is 59.5 Å². The molecule has 0 aliphatic carbocycles. The molecule has 1 aromatic rings. The van der Waals surface area contributed by atoms with Crippen LogP contribution in [0.1, 0.15) is 36.2 Å². The minimum atomic E-state index is -0.942. The van der Waals surface area contributed by atoms with Crippen LogP contribution in [0.2, 0.25) is 0 Å². The summed E-state index contributed by atoms with van der Waals surface area (Å²) in [6, 6.07) is 6.76. The van der Waals surface area contributed by atoms with E-state index >= 15 is 0 Å². The fourth-order valence-electron chi connectivity index (χ4n) is 2.14. The van der Waals surface area contributed by atoms with E-state index in [1.807, 2.05) is 13.8 Å². The summed E-state index contributed by atoms with van der Waals surface area (Å²) in [7, 11) is 1.55. The highest BCUT2D eigenvalue weighted by Gasteiger charge is 2.13. The van der Waals surface area contributed by atoms with Crippen LogP contribution in [0, 0.1) is 0 Å². The smallest absolute Gasteiger partial charge is 0.317 e. The molecule has 24 heavy (non-hydrogen) atoms. The fraction of sp³-hybridized carbons (Fsp3) is 0.471. The molecule has 132 valence electrons. The van der Waals surface area contributed by atoms with Gasteiger partial charge in [-0.2, -0.15) is 0 Å².